The van der Waals surface area contributed by atoms with Crippen molar-refractivity contribution in [1.29, 1.82) is 5.41 Å². The van der Waals surface area contributed by atoms with Crippen LogP contribution in [0.15, 0.2) is 67.3 Å². The van der Waals surface area contributed by atoms with Crippen molar-refractivity contribution in [1.82, 2.24) is 73.0 Å². The molecule has 0 radical (unpaired) electrons. The third-order valence-corrected chi connectivity index (χ3v) is 16.5. The van der Waals surface area contributed by atoms with Gasteiger partial charge in [0, 0.05) is 86.4 Å². The zero-order valence-corrected chi connectivity index (χ0v) is 56.1. The number of imidazole rings is 1. The van der Waals surface area contributed by atoms with E-state index in [1.165, 1.54) is 41.7 Å². The van der Waals surface area contributed by atoms with Crippen molar-refractivity contribution in [3.63, 3.8) is 0 Å². The maximum absolute atomic E-state index is 14.6. The van der Waals surface area contributed by atoms with Gasteiger partial charge in [0.15, 0.2) is 5.96 Å². The van der Waals surface area contributed by atoms with Gasteiger partial charge in [0.05, 0.1) is 12.9 Å². The van der Waals surface area contributed by atoms with Crippen LogP contribution in [0.1, 0.15) is 108 Å². The van der Waals surface area contributed by atoms with Crippen LogP contribution < -0.4 is 70.4 Å². The number of carbonyl (C=O) groups excluding carboxylic acids is 11. The summed E-state index contributed by atoms with van der Waals surface area (Å²) < 4.78 is 0. The highest BCUT2D eigenvalue weighted by Gasteiger charge is 2.39. The van der Waals surface area contributed by atoms with Crippen LogP contribution in [0.2, 0.25) is 0 Å². The van der Waals surface area contributed by atoms with Crippen LogP contribution in [0.5, 0.6) is 5.75 Å². The number of amides is 11. The molecule has 5 rings (SSSR count). The molecule has 1 saturated heterocycles. The number of guanidine groups is 1. The Balaban J connectivity index is 1.37. The maximum atomic E-state index is 14.6. The summed E-state index contributed by atoms with van der Waals surface area (Å²) in [4.78, 5) is 177. The SMILES string of the molecule is C#CCCC(=O)N1CCC[C@H]1C(=O)N[C@@H](CCCNC(=N)N)C(=O)N[C@@H](CC(C)C)C(=O)N[C@H](CS)C(=O)N[C@H](CCCCN)C(=O)N[C@@H](Cc1ccc(O)cc1)C(=O)N[C@@H](CO)C(=O)N[C@@H](Cc1c[nH]c2ccccc12)C(=O)N[C@@H](Cc1cnc[nH]1)C(=O)N[C@@H](CCC(N)=O)C(=O)O. The number of nitrogens with one attached hydrogen (secondary N) is 13. The molecule has 1 aliphatic heterocycles. The highest BCUT2D eigenvalue weighted by atomic mass is 32.1. The molecule has 538 valence electrons. The summed E-state index contributed by atoms with van der Waals surface area (Å²) in [6.45, 7) is 3.11. The molecule has 34 heteroatoms. The van der Waals surface area contributed by atoms with Crippen molar-refractivity contribution in [2.24, 2.45) is 23.1 Å². The van der Waals surface area contributed by atoms with Crippen LogP contribution in [0.25, 0.3) is 10.9 Å². The first kappa shape index (κ1) is 79.4. The molecule has 11 amide bonds. The summed E-state index contributed by atoms with van der Waals surface area (Å²) in [5, 5.41) is 64.9. The number of thiol groups is 1. The normalized spacial score (nSPS) is 15.4. The number of H-pyrrole nitrogens is 2. The molecule has 0 bridgehead atoms. The molecule has 1 fully saturated rings. The monoisotopic (exact) mass is 1400 g/mol. The number of phenolic OH excluding ortho intramolecular Hbond substituents is 1. The van der Waals surface area contributed by atoms with E-state index in [2.05, 4.69) is 86.7 Å². The molecule has 1 aliphatic rings. The summed E-state index contributed by atoms with van der Waals surface area (Å²) in [6.07, 6.45) is 9.82. The molecule has 0 unspecified atom stereocenters. The number of aliphatic carboxylic acids is 1. The summed E-state index contributed by atoms with van der Waals surface area (Å²) in [6, 6.07) is -2.03. The van der Waals surface area contributed by atoms with Crippen molar-refractivity contribution >= 4 is 100 Å². The summed E-state index contributed by atoms with van der Waals surface area (Å²) in [5.41, 5.74) is 18.4. The fourth-order valence-electron chi connectivity index (χ4n) is 10.9. The molecule has 22 N–H and O–H groups in total. The van der Waals surface area contributed by atoms with Gasteiger partial charge >= 0.3 is 5.97 Å². The van der Waals surface area contributed by atoms with Gasteiger partial charge in [-0.25, -0.2) is 9.78 Å². The number of aromatic hydroxyl groups is 1. The minimum absolute atomic E-state index is 0.00754. The molecule has 0 spiro atoms. The highest BCUT2D eigenvalue weighted by molar-refractivity contribution is 7.80. The van der Waals surface area contributed by atoms with Gasteiger partial charge in [-0.15, -0.1) is 12.3 Å². The van der Waals surface area contributed by atoms with Gasteiger partial charge in [-0.1, -0.05) is 44.2 Å². The van der Waals surface area contributed by atoms with E-state index in [9.17, 15) is 72.9 Å². The van der Waals surface area contributed by atoms with E-state index >= 15 is 0 Å². The Morgan fingerprint density at radius 2 is 1.24 bits per heavy atom. The number of fused-ring (bicyclic) bond motifs is 1. The number of phenols is 1. The molecule has 0 aliphatic carbocycles. The van der Waals surface area contributed by atoms with E-state index in [1.807, 2.05) is 0 Å². The number of benzene rings is 2. The minimum Gasteiger partial charge on any atom is -0.508 e. The molecule has 3 heterocycles. The van der Waals surface area contributed by atoms with Gasteiger partial charge in [-0.2, -0.15) is 12.6 Å². The van der Waals surface area contributed by atoms with Crippen LogP contribution in [-0.4, -0.2) is 204 Å². The van der Waals surface area contributed by atoms with E-state index in [-0.39, 0.29) is 113 Å². The van der Waals surface area contributed by atoms with Crippen molar-refractivity contribution in [2.75, 3.05) is 32.0 Å². The van der Waals surface area contributed by atoms with Gasteiger partial charge in [-0.05, 0) is 99.6 Å². The van der Waals surface area contributed by atoms with E-state index < -0.39 is 138 Å². The van der Waals surface area contributed by atoms with Crippen molar-refractivity contribution < 1.29 is 72.9 Å². The number of nitrogens with two attached hydrogens (primary N) is 3. The average molecular weight is 1400 g/mol. The number of aromatic nitrogens is 3. The number of carboxylic acids is 1. The lowest BCUT2D eigenvalue weighted by Gasteiger charge is -2.29. The fraction of sp³-hybridized carbons (Fsp3) is 0.508. The number of carboxylic acid groups (broad SMARTS) is 1. The number of aliphatic hydroxyl groups excluding tert-OH is 1. The predicted octanol–water partition coefficient (Wildman–Crippen LogP) is -2.90. The summed E-state index contributed by atoms with van der Waals surface area (Å²) >= 11 is 4.36. The Kier molecular flexibility index (Phi) is 32.4. The number of hydrogen-bond acceptors (Lipinski definition) is 18. The van der Waals surface area contributed by atoms with Crippen LogP contribution >= 0.6 is 12.6 Å². The molecule has 0 saturated carbocycles. The number of rotatable bonds is 42. The smallest absolute Gasteiger partial charge is 0.326 e. The molecule has 99 heavy (non-hydrogen) atoms. The second kappa shape index (κ2) is 40.4. The first-order valence-electron chi connectivity index (χ1n) is 32.5. The lowest BCUT2D eigenvalue weighted by atomic mass is 10.0. The largest absolute Gasteiger partial charge is 0.508 e. The standard InChI is InChI=1S/C65H92N18O15S/c1-4-5-17-54(87)83-26-11-16-52(83)63(96)75-44(15-10-25-71-65(68)69)56(89)77-46(27-36(2)3)57(90)82-51(34-99)62(95)74-43(14-8-9-24-66)55(88)78-47(28-37-18-20-40(85)21-19-37)58(91)81-50(33-84)61(94)79-48(29-38-31-72-42-13-7-6-12-41(38)42)59(92)80-49(30-39-32-70-35-73-39)60(93)76-45(64(97)98)22-23-53(67)86/h1,6-7,12-13,18-21,31-32,35-36,43-52,72,84-85,99H,5,8-11,14-17,22-30,33-34,66H2,2-3H3,(H2,67,86)(H,70,73)(H,74,95)(H,75,96)(H,76,93)(H,77,89)(H,78,88)(H,79,94)(H,80,92)(H,81,91)(H,82,90)(H,97,98)(H4,68,69,71)/t43-,44+,45+,46+,47+,48+,49+,50+,51-,52+/m1/s1. The molecular formula is C65H92N18O15S. The van der Waals surface area contributed by atoms with E-state index in [4.69, 9.17) is 29.0 Å². The predicted molar refractivity (Wildman–Crippen MR) is 365 cm³/mol. The van der Waals surface area contributed by atoms with E-state index in [0.29, 0.717) is 53.5 Å². The van der Waals surface area contributed by atoms with Gasteiger partial charge < -0.3 is 101 Å². The number of nitrogens with zero attached hydrogens (tertiary/aromatic N) is 2. The second-order valence-electron chi connectivity index (χ2n) is 24.3. The van der Waals surface area contributed by atoms with Gasteiger partial charge in [0.1, 0.15) is 66.2 Å². The maximum Gasteiger partial charge on any atom is 0.326 e. The number of para-hydroxylation sites is 1. The Hall–Kier alpha value is -10.3. The summed E-state index contributed by atoms with van der Waals surface area (Å²) in [7, 11) is 0. The van der Waals surface area contributed by atoms with Crippen LogP contribution in [-0.2, 0) is 76.8 Å². The zero-order valence-electron chi connectivity index (χ0n) is 55.2. The molecule has 10 atom stereocenters. The van der Waals surface area contributed by atoms with E-state index in [1.54, 1.807) is 44.3 Å². The number of primary amides is 1. The van der Waals surface area contributed by atoms with Crippen molar-refractivity contribution in [3.05, 3.63) is 84.1 Å². The number of aromatic amines is 2. The molecule has 33 nitrogen and oxygen atoms in total. The lowest BCUT2D eigenvalue weighted by Crippen LogP contribution is -2.61. The second-order valence-corrected chi connectivity index (χ2v) is 24.7. The quantitative estimate of drug-likeness (QED) is 0.00696. The van der Waals surface area contributed by atoms with E-state index in [0.717, 1.165) is 0 Å². The number of terminal acetylenes is 1. The Labute approximate surface area is 577 Å². The highest BCUT2D eigenvalue weighted by Crippen LogP contribution is 2.22. The first-order valence-corrected chi connectivity index (χ1v) is 33.2. The lowest BCUT2D eigenvalue weighted by molar-refractivity contribution is -0.142. The zero-order chi connectivity index (χ0) is 72.7. The third kappa shape index (κ3) is 25.9. The summed E-state index contributed by atoms with van der Waals surface area (Å²) in [5.74, 6) is -9.49. The Morgan fingerprint density at radius 1 is 0.687 bits per heavy atom. The van der Waals surface area contributed by atoms with Gasteiger partial charge in [0.2, 0.25) is 65.0 Å². The first-order chi connectivity index (χ1) is 47.2. The number of hydrogen-bond donors (Lipinski definition) is 20. The minimum atomic E-state index is -1.85. The van der Waals surface area contributed by atoms with Crippen LogP contribution in [0.4, 0.5) is 0 Å². The molecule has 2 aromatic heterocycles. The van der Waals surface area contributed by atoms with Crippen molar-refractivity contribution in [2.45, 2.75) is 171 Å². The Bertz CT molecular complexity index is 3470. The number of unbranched alkanes of at least 4 members (excludes halogenated alkanes) is 1. The Morgan fingerprint density at radius 3 is 1.84 bits per heavy atom. The van der Waals surface area contributed by atoms with Gasteiger partial charge in [0.25, 0.3) is 0 Å². The molecule has 4 aromatic rings. The number of likely N-dealkylation sites (tertiary alicyclic amines) is 1. The topological polar surface area (TPSA) is 535 Å². The molecular weight excluding hydrogens is 1300 g/mol. The fourth-order valence-corrected chi connectivity index (χ4v) is 11.2. The van der Waals surface area contributed by atoms with Crippen molar-refractivity contribution in [3.8, 4) is 18.1 Å². The van der Waals surface area contributed by atoms with Crippen LogP contribution in [0, 0.1) is 23.7 Å². The van der Waals surface area contributed by atoms with Gasteiger partial charge in [-0.3, -0.25) is 58.1 Å². The number of aliphatic hydroxyl groups is 1. The molecule has 2 aromatic carbocycles. The third-order valence-electron chi connectivity index (χ3n) is 16.2. The van der Waals surface area contributed by atoms with Crippen LogP contribution in [0.3, 0.4) is 0 Å². The number of carbonyl (C=O) groups is 12. The average Bonchev–Trinajstić information content (AvgIpc) is 1.63.